The summed E-state index contributed by atoms with van der Waals surface area (Å²) in [6, 6.07) is 16.0. The zero-order valence-electron chi connectivity index (χ0n) is 24.0. The van der Waals surface area contributed by atoms with E-state index < -0.39 is 18.1 Å². The van der Waals surface area contributed by atoms with Gasteiger partial charge in [-0.1, -0.05) is 36.4 Å². The largest absolute Gasteiger partial charge is 0.496 e. The zero-order chi connectivity index (χ0) is 28.5. The fourth-order valence-corrected chi connectivity index (χ4v) is 4.26. The number of methoxy groups -OCH3 is 2. The first-order valence-corrected chi connectivity index (χ1v) is 13.7. The number of unbranched alkanes of at least 4 members (excludes halogenated alkanes) is 1. The van der Waals surface area contributed by atoms with Crippen LogP contribution < -0.4 is 20.5 Å². The molecule has 0 aliphatic carbocycles. The Hall–Kier alpha value is -3.14. The molecule has 0 heterocycles. The van der Waals surface area contributed by atoms with Crippen LogP contribution in [-0.4, -0.2) is 88.9 Å². The number of nitrogens with two attached hydrogens (primary N) is 1. The number of carbonyl (C=O) groups excluding carboxylic acids is 2. The van der Waals surface area contributed by atoms with Gasteiger partial charge >= 0.3 is 11.9 Å². The van der Waals surface area contributed by atoms with E-state index in [1.54, 1.807) is 14.2 Å². The van der Waals surface area contributed by atoms with Gasteiger partial charge in [0, 0.05) is 19.6 Å². The topological polar surface area (TPSA) is 106 Å². The highest BCUT2D eigenvalue weighted by Crippen LogP contribution is 2.18. The number of benzene rings is 2. The van der Waals surface area contributed by atoms with Gasteiger partial charge < -0.3 is 29.3 Å². The Balaban J connectivity index is 1.52. The second-order valence-electron chi connectivity index (χ2n) is 9.78. The molecule has 1 unspecified atom stereocenters. The molecule has 2 rings (SSSR count). The first-order chi connectivity index (χ1) is 18.8. The minimum absolute atomic E-state index is 0.417. The van der Waals surface area contributed by atoms with Crippen molar-refractivity contribution < 1.29 is 23.8 Å². The van der Waals surface area contributed by atoms with E-state index in [4.69, 9.17) is 19.9 Å². The number of nitrogens with zero attached hydrogens (tertiary/aromatic N) is 2. The van der Waals surface area contributed by atoms with Crippen molar-refractivity contribution in [2.45, 2.75) is 44.8 Å². The number of hydrogen-bond donors (Lipinski definition) is 2. The van der Waals surface area contributed by atoms with Gasteiger partial charge in [-0.2, -0.15) is 0 Å². The lowest BCUT2D eigenvalue weighted by molar-refractivity contribution is -0.159. The Kier molecular flexibility index (Phi) is 15.0. The van der Waals surface area contributed by atoms with E-state index in [-0.39, 0.29) is 0 Å². The van der Waals surface area contributed by atoms with Crippen molar-refractivity contribution in [1.82, 2.24) is 15.1 Å². The molecule has 0 fully saturated rings. The Morgan fingerprint density at radius 3 is 1.85 bits per heavy atom. The normalized spacial score (nSPS) is 11.9. The number of para-hydroxylation sites is 2. The highest BCUT2D eigenvalue weighted by molar-refractivity contribution is 6.32. The highest BCUT2D eigenvalue weighted by atomic mass is 16.6. The molecule has 9 heteroatoms. The summed E-state index contributed by atoms with van der Waals surface area (Å²) in [5, 5.41) is 2.63. The van der Waals surface area contributed by atoms with Gasteiger partial charge in [-0.25, -0.2) is 4.79 Å². The number of amides is 1. The van der Waals surface area contributed by atoms with Crippen molar-refractivity contribution in [3.05, 3.63) is 59.7 Å². The number of likely N-dealkylation sites (N-methyl/N-ethyl adjacent to an activating group) is 2. The van der Waals surface area contributed by atoms with Gasteiger partial charge in [-0.15, -0.1) is 0 Å². The molecule has 1 amide bonds. The third-order valence-corrected chi connectivity index (χ3v) is 6.64. The number of ether oxygens (including phenoxy) is 3. The molecule has 2 aromatic carbocycles. The number of esters is 1. The Labute approximate surface area is 233 Å². The second kappa shape index (κ2) is 18.2. The van der Waals surface area contributed by atoms with Gasteiger partial charge in [0.05, 0.1) is 14.2 Å². The van der Waals surface area contributed by atoms with Crippen LogP contribution >= 0.6 is 0 Å². The standard InChI is InChI=1S/C30H46N4O5/c1-33(22-17-24-12-5-7-14-26(24)37-3)20-10-9-19-32-29(35)30(36)39-28(31)16-11-21-34(2)23-18-25-13-6-8-15-27(25)38-4/h5-8,12-15,28H,9-11,16-23,31H2,1-4H3,(H,32,35). The molecule has 2 aromatic rings. The number of hydrogen-bond acceptors (Lipinski definition) is 8. The summed E-state index contributed by atoms with van der Waals surface area (Å²) in [4.78, 5) is 28.6. The molecule has 0 aromatic heterocycles. The predicted octanol–water partition coefficient (Wildman–Crippen LogP) is 2.86. The third-order valence-electron chi connectivity index (χ3n) is 6.64. The average Bonchev–Trinajstić information content (AvgIpc) is 2.94. The van der Waals surface area contributed by atoms with E-state index in [0.717, 1.165) is 69.8 Å². The summed E-state index contributed by atoms with van der Waals surface area (Å²) < 4.78 is 15.9. The zero-order valence-corrected chi connectivity index (χ0v) is 24.0. The average molecular weight is 543 g/mol. The van der Waals surface area contributed by atoms with Gasteiger partial charge in [0.2, 0.25) is 0 Å². The maximum absolute atomic E-state index is 12.1. The first-order valence-electron chi connectivity index (χ1n) is 13.7. The van der Waals surface area contributed by atoms with E-state index in [0.29, 0.717) is 13.0 Å². The fourth-order valence-electron chi connectivity index (χ4n) is 4.26. The molecule has 0 spiro atoms. The summed E-state index contributed by atoms with van der Waals surface area (Å²) in [6.07, 6.45) is 3.89. The highest BCUT2D eigenvalue weighted by Gasteiger charge is 2.18. The molecule has 0 aliphatic rings. The van der Waals surface area contributed by atoms with Crippen molar-refractivity contribution in [3.63, 3.8) is 0 Å². The van der Waals surface area contributed by atoms with Gasteiger partial charge in [-0.05, 0) is 89.0 Å². The lowest BCUT2D eigenvalue weighted by atomic mass is 10.1. The van der Waals surface area contributed by atoms with E-state index in [1.807, 2.05) is 43.4 Å². The van der Waals surface area contributed by atoms with Gasteiger partial charge in [0.25, 0.3) is 0 Å². The van der Waals surface area contributed by atoms with Gasteiger partial charge in [0.1, 0.15) is 11.5 Å². The minimum Gasteiger partial charge on any atom is -0.496 e. The molecule has 0 saturated carbocycles. The monoisotopic (exact) mass is 542 g/mol. The SMILES string of the molecule is COc1ccccc1CCN(C)CCCCNC(=O)C(=O)OC(N)CCCN(C)CCc1ccccc1OC. The first kappa shape index (κ1) is 32.1. The maximum atomic E-state index is 12.1. The van der Waals surface area contributed by atoms with Crippen molar-refractivity contribution in [2.24, 2.45) is 5.73 Å². The molecule has 9 nitrogen and oxygen atoms in total. The van der Waals surface area contributed by atoms with Gasteiger partial charge in [-0.3, -0.25) is 10.5 Å². The minimum atomic E-state index is -0.930. The quantitative estimate of drug-likeness (QED) is 0.128. The fraction of sp³-hybridized carbons (Fsp3) is 0.533. The van der Waals surface area contributed by atoms with Crippen LogP contribution in [0.2, 0.25) is 0 Å². The van der Waals surface area contributed by atoms with E-state index >= 15 is 0 Å². The Bertz CT molecular complexity index is 1000. The van der Waals surface area contributed by atoms with Crippen LogP contribution in [0.1, 0.15) is 36.8 Å². The number of carbonyl (C=O) groups is 2. The predicted molar refractivity (Wildman–Crippen MR) is 154 cm³/mol. The lowest BCUT2D eigenvalue weighted by Crippen LogP contribution is -2.38. The summed E-state index contributed by atoms with van der Waals surface area (Å²) in [5.41, 5.74) is 8.28. The number of rotatable bonds is 18. The number of nitrogens with one attached hydrogen (secondary N) is 1. The smallest absolute Gasteiger partial charge is 0.398 e. The van der Waals surface area contributed by atoms with Crippen molar-refractivity contribution in [1.29, 1.82) is 0 Å². The van der Waals surface area contributed by atoms with Crippen LogP contribution in [-0.2, 0) is 27.2 Å². The molecule has 0 saturated heterocycles. The molecule has 39 heavy (non-hydrogen) atoms. The van der Waals surface area contributed by atoms with Crippen molar-refractivity contribution in [2.75, 3.05) is 61.0 Å². The molecule has 0 bridgehead atoms. The van der Waals surface area contributed by atoms with Gasteiger partial charge in [0.15, 0.2) is 6.23 Å². The van der Waals surface area contributed by atoms with Crippen molar-refractivity contribution in [3.8, 4) is 11.5 Å². The van der Waals surface area contributed by atoms with Crippen molar-refractivity contribution >= 4 is 11.9 Å². The van der Waals surface area contributed by atoms with E-state index in [2.05, 4.69) is 34.3 Å². The summed E-state index contributed by atoms with van der Waals surface area (Å²) in [7, 11) is 7.48. The summed E-state index contributed by atoms with van der Waals surface area (Å²) >= 11 is 0. The Morgan fingerprint density at radius 2 is 1.31 bits per heavy atom. The molecular formula is C30H46N4O5. The molecule has 1 atom stereocenters. The summed E-state index contributed by atoms with van der Waals surface area (Å²) in [6.45, 7) is 3.90. The lowest BCUT2D eigenvalue weighted by Gasteiger charge is -2.19. The molecular weight excluding hydrogens is 496 g/mol. The second-order valence-corrected chi connectivity index (χ2v) is 9.78. The molecule has 0 aliphatic heterocycles. The van der Waals surface area contributed by atoms with E-state index in [9.17, 15) is 9.59 Å². The van der Waals surface area contributed by atoms with Crippen LogP contribution in [0.15, 0.2) is 48.5 Å². The Morgan fingerprint density at radius 1 is 0.795 bits per heavy atom. The van der Waals surface area contributed by atoms with Crippen LogP contribution in [0.3, 0.4) is 0 Å². The van der Waals surface area contributed by atoms with Crippen LogP contribution in [0.5, 0.6) is 11.5 Å². The maximum Gasteiger partial charge on any atom is 0.398 e. The third kappa shape index (κ3) is 12.5. The molecule has 216 valence electrons. The molecule has 0 radical (unpaired) electrons. The van der Waals surface area contributed by atoms with Crippen LogP contribution in [0.25, 0.3) is 0 Å². The van der Waals surface area contributed by atoms with Crippen LogP contribution in [0.4, 0.5) is 0 Å². The van der Waals surface area contributed by atoms with E-state index in [1.165, 1.54) is 11.1 Å². The summed E-state index contributed by atoms with van der Waals surface area (Å²) in [5.74, 6) is 0.128. The van der Waals surface area contributed by atoms with Crippen LogP contribution in [0, 0.1) is 0 Å². The molecule has 3 N–H and O–H groups in total.